The van der Waals surface area contributed by atoms with E-state index < -0.39 is 10.8 Å². The molecule has 0 fully saturated rings. The van der Waals surface area contributed by atoms with Crippen LogP contribution in [0.4, 0.5) is 11.4 Å². The van der Waals surface area contributed by atoms with Crippen LogP contribution in [0, 0.1) is 10.1 Å². The van der Waals surface area contributed by atoms with Crippen LogP contribution < -0.4 is 10.1 Å². The van der Waals surface area contributed by atoms with Crippen molar-refractivity contribution in [3.05, 3.63) is 57.6 Å². The van der Waals surface area contributed by atoms with E-state index in [-0.39, 0.29) is 22.2 Å². The van der Waals surface area contributed by atoms with Crippen LogP contribution >= 0.6 is 23.4 Å². The minimum atomic E-state index is -0.612. The van der Waals surface area contributed by atoms with E-state index in [4.69, 9.17) is 16.3 Å². The Morgan fingerprint density at radius 3 is 2.75 bits per heavy atom. The van der Waals surface area contributed by atoms with Crippen LogP contribution in [0.5, 0.6) is 5.75 Å². The lowest BCUT2D eigenvalue weighted by atomic mass is 10.2. The summed E-state index contributed by atoms with van der Waals surface area (Å²) in [6.07, 6.45) is 0. The first-order chi connectivity index (χ1) is 13.5. The molecule has 0 aliphatic rings. The fourth-order valence-corrected chi connectivity index (χ4v) is 3.09. The van der Waals surface area contributed by atoms with Crippen molar-refractivity contribution >= 4 is 40.6 Å². The van der Waals surface area contributed by atoms with E-state index in [0.717, 1.165) is 11.8 Å². The predicted octanol–water partition coefficient (Wildman–Crippen LogP) is 2.96. The Hall–Kier alpha value is -3.18. The second-order valence-corrected chi connectivity index (χ2v) is 6.71. The minimum absolute atomic E-state index is 0.0453. The van der Waals surface area contributed by atoms with Crippen LogP contribution in [0.15, 0.2) is 47.6 Å². The fraction of sp³-hybridized carbons (Fsp3) is 0.125. The number of nitrogens with one attached hydrogen (secondary N) is 1. The van der Waals surface area contributed by atoms with Gasteiger partial charge in [-0.2, -0.15) is 4.68 Å². The first-order valence-corrected chi connectivity index (χ1v) is 9.13. The number of nitro benzene ring substituents is 1. The molecule has 0 aliphatic carbocycles. The largest absolute Gasteiger partial charge is 0.497 e. The molecule has 144 valence electrons. The van der Waals surface area contributed by atoms with Crippen LogP contribution in [-0.4, -0.2) is 43.9 Å². The van der Waals surface area contributed by atoms with Gasteiger partial charge in [0.25, 0.3) is 5.69 Å². The number of halogens is 1. The topological polar surface area (TPSA) is 125 Å². The summed E-state index contributed by atoms with van der Waals surface area (Å²) in [4.78, 5) is 22.7. The van der Waals surface area contributed by atoms with Crippen molar-refractivity contribution in [3.8, 4) is 11.4 Å². The van der Waals surface area contributed by atoms with Crippen LogP contribution in [-0.2, 0) is 4.79 Å². The molecule has 3 rings (SSSR count). The van der Waals surface area contributed by atoms with Gasteiger partial charge in [-0.25, -0.2) is 0 Å². The fourth-order valence-electron chi connectivity index (χ4n) is 2.23. The first kappa shape index (κ1) is 19.6. The highest BCUT2D eigenvalue weighted by Gasteiger charge is 2.17. The third-order valence-corrected chi connectivity index (χ3v) is 4.68. The Morgan fingerprint density at radius 2 is 2.07 bits per heavy atom. The number of nitrogens with zero attached hydrogens (tertiary/aromatic N) is 5. The molecular weight excluding hydrogens is 408 g/mol. The normalized spacial score (nSPS) is 10.5. The second-order valence-electron chi connectivity index (χ2n) is 5.33. The van der Waals surface area contributed by atoms with E-state index in [0.29, 0.717) is 16.6 Å². The number of aromatic nitrogens is 4. The standard InChI is InChI=1S/C16H13ClN6O4S/c1-27-12-5-3-11(4-6-12)22-16(19-20-21-22)28-9-15(24)18-13-7-2-10(17)8-14(13)23(25)26/h2-8H,9H2,1H3,(H,18,24). The lowest BCUT2D eigenvalue weighted by molar-refractivity contribution is -0.383. The number of thioether (sulfide) groups is 1. The van der Waals surface area contributed by atoms with E-state index in [2.05, 4.69) is 20.8 Å². The van der Waals surface area contributed by atoms with Gasteiger partial charge < -0.3 is 10.1 Å². The Labute approximate surface area is 168 Å². The Kier molecular flexibility index (Phi) is 6.06. The van der Waals surface area contributed by atoms with Gasteiger partial charge in [-0.15, -0.1) is 5.10 Å². The van der Waals surface area contributed by atoms with Crippen molar-refractivity contribution in [1.82, 2.24) is 20.2 Å². The van der Waals surface area contributed by atoms with Gasteiger partial charge in [-0.3, -0.25) is 14.9 Å². The number of carbonyl (C=O) groups is 1. The molecule has 2 aromatic carbocycles. The maximum Gasteiger partial charge on any atom is 0.294 e. The van der Waals surface area contributed by atoms with E-state index in [1.54, 1.807) is 31.4 Å². The van der Waals surface area contributed by atoms with E-state index in [9.17, 15) is 14.9 Å². The van der Waals surface area contributed by atoms with E-state index in [1.807, 2.05) is 0 Å². The lowest BCUT2D eigenvalue weighted by Crippen LogP contribution is -2.15. The zero-order chi connectivity index (χ0) is 20.1. The zero-order valence-electron chi connectivity index (χ0n) is 14.4. The summed E-state index contributed by atoms with van der Waals surface area (Å²) in [5.41, 5.74) is 0.478. The smallest absolute Gasteiger partial charge is 0.294 e. The zero-order valence-corrected chi connectivity index (χ0v) is 16.0. The van der Waals surface area contributed by atoms with Crippen LogP contribution in [0.1, 0.15) is 0 Å². The van der Waals surface area contributed by atoms with Gasteiger partial charge in [0.2, 0.25) is 11.1 Å². The number of amides is 1. The van der Waals surface area contributed by atoms with Crippen LogP contribution in [0.2, 0.25) is 5.02 Å². The Balaban J connectivity index is 1.68. The van der Waals surface area contributed by atoms with Gasteiger partial charge >= 0.3 is 0 Å². The monoisotopic (exact) mass is 420 g/mol. The van der Waals surface area contributed by atoms with Crippen molar-refractivity contribution in [2.24, 2.45) is 0 Å². The maximum absolute atomic E-state index is 12.2. The molecule has 1 amide bonds. The average Bonchev–Trinajstić information content (AvgIpc) is 3.16. The molecule has 12 heteroatoms. The van der Waals surface area contributed by atoms with Gasteiger partial charge in [-0.05, 0) is 46.8 Å². The minimum Gasteiger partial charge on any atom is -0.497 e. The molecule has 3 aromatic rings. The average molecular weight is 421 g/mol. The molecule has 28 heavy (non-hydrogen) atoms. The molecule has 1 heterocycles. The molecular formula is C16H13ClN6O4S. The number of tetrazole rings is 1. The number of carbonyl (C=O) groups excluding carboxylic acids is 1. The Bertz CT molecular complexity index is 1010. The Morgan fingerprint density at radius 1 is 1.32 bits per heavy atom. The first-order valence-electron chi connectivity index (χ1n) is 7.77. The number of ether oxygens (including phenoxy) is 1. The van der Waals surface area contributed by atoms with Crippen molar-refractivity contribution in [2.75, 3.05) is 18.2 Å². The highest BCUT2D eigenvalue weighted by Crippen LogP contribution is 2.28. The molecule has 0 atom stereocenters. The molecule has 0 bridgehead atoms. The molecule has 1 N–H and O–H groups in total. The number of hydrogen-bond acceptors (Lipinski definition) is 8. The summed E-state index contributed by atoms with van der Waals surface area (Å²) >= 11 is 6.86. The molecule has 0 radical (unpaired) electrons. The van der Waals surface area contributed by atoms with Gasteiger partial charge in [0, 0.05) is 11.1 Å². The van der Waals surface area contributed by atoms with Crippen molar-refractivity contribution < 1.29 is 14.5 Å². The molecule has 0 saturated heterocycles. The number of methoxy groups -OCH3 is 1. The molecule has 1 aromatic heterocycles. The summed E-state index contributed by atoms with van der Waals surface area (Å²) in [7, 11) is 1.57. The van der Waals surface area contributed by atoms with Crippen LogP contribution in [0.25, 0.3) is 5.69 Å². The van der Waals surface area contributed by atoms with Crippen molar-refractivity contribution in [3.63, 3.8) is 0 Å². The summed E-state index contributed by atoms with van der Waals surface area (Å²) in [5, 5.41) is 25.6. The SMILES string of the molecule is COc1ccc(-n2nnnc2SCC(=O)Nc2ccc(Cl)cc2[N+](=O)[O-])cc1. The highest BCUT2D eigenvalue weighted by atomic mass is 35.5. The quantitative estimate of drug-likeness (QED) is 0.351. The molecule has 0 saturated carbocycles. The summed E-state index contributed by atoms with van der Waals surface area (Å²) in [5.74, 6) is 0.200. The molecule has 0 spiro atoms. The highest BCUT2D eigenvalue weighted by molar-refractivity contribution is 7.99. The van der Waals surface area contributed by atoms with Gasteiger partial charge in [-0.1, -0.05) is 23.4 Å². The molecule has 10 nitrogen and oxygen atoms in total. The maximum atomic E-state index is 12.2. The number of rotatable bonds is 7. The van der Waals surface area contributed by atoms with Crippen molar-refractivity contribution in [2.45, 2.75) is 5.16 Å². The van der Waals surface area contributed by atoms with Crippen LogP contribution in [0.3, 0.4) is 0 Å². The third kappa shape index (κ3) is 4.56. The second kappa shape index (κ2) is 8.67. The summed E-state index contributed by atoms with van der Waals surface area (Å²) in [6, 6.07) is 11.1. The lowest BCUT2D eigenvalue weighted by Gasteiger charge is -2.07. The number of nitro groups is 1. The van der Waals surface area contributed by atoms with Gasteiger partial charge in [0.05, 0.1) is 23.5 Å². The van der Waals surface area contributed by atoms with Crippen molar-refractivity contribution in [1.29, 1.82) is 0 Å². The molecule has 0 aliphatic heterocycles. The predicted molar refractivity (Wildman–Crippen MR) is 103 cm³/mol. The third-order valence-electron chi connectivity index (χ3n) is 3.52. The number of anilines is 1. The van der Waals surface area contributed by atoms with E-state index >= 15 is 0 Å². The number of hydrogen-bond donors (Lipinski definition) is 1. The van der Waals surface area contributed by atoms with E-state index in [1.165, 1.54) is 22.9 Å². The van der Waals surface area contributed by atoms with Gasteiger partial charge in [0.1, 0.15) is 11.4 Å². The summed E-state index contributed by atoms with van der Waals surface area (Å²) in [6.45, 7) is 0. The molecule has 0 unspecified atom stereocenters. The van der Waals surface area contributed by atoms with Gasteiger partial charge in [0.15, 0.2) is 0 Å². The summed E-state index contributed by atoms with van der Waals surface area (Å²) < 4.78 is 6.59. The number of benzene rings is 2.